The van der Waals surface area contributed by atoms with Crippen LogP contribution in [0.1, 0.15) is 13.8 Å². The maximum atomic E-state index is 8.00. The van der Waals surface area contributed by atoms with Gasteiger partial charge in [0.2, 0.25) is 0 Å². The van der Waals surface area contributed by atoms with Gasteiger partial charge in [0.25, 0.3) is 0 Å². The first kappa shape index (κ1) is 11.7. The fourth-order valence-corrected chi connectivity index (χ4v) is 0.316. The number of hydrogen-bond acceptors (Lipinski definition) is 1. The lowest BCUT2D eigenvalue weighted by molar-refractivity contribution is -0.0979. The minimum Gasteiger partial charge on any atom is -0.307 e. The van der Waals surface area contributed by atoms with Gasteiger partial charge in [-0.05, 0) is 13.8 Å². The van der Waals surface area contributed by atoms with Crippen LogP contribution in [0, 0.1) is 0 Å². The smallest absolute Gasteiger partial charge is 0.106 e. The highest BCUT2D eigenvalue weighted by molar-refractivity contribution is 5.18. The van der Waals surface area contributed by atoms with Crippen molar-refractivity contribution >= 4 is 6.79 Å². The van der Waals surface area contributed by atoms with Gasteiger partial charge in [0.15, 0.2) is 0 Å². The lowest BCUT2D eigenvalue weighted by Gasteiger charge is -1.81. The molecule has 0 atom stereocenters. The van der Waals surface area contributed by atoms with Crippen molar-refractivity contribution in [2.75, 3.05) is 0 Å². The Bertz CT molecular complexity index is 132. The van der Waals surface area contributed by atoms with Crippen LogP contribution in [0.5, 0.6) is 0 Å². The molecule has 1 nitrogen and oxygen atoms in total. The zero-order valence-corrected chi connectivity index (χ0v) is 6.63. The minimum atomic E-state index is 1.20. The Morgan fingerprint density at radius 2 is 1.90 bits per heavy atom. The van der Waals surface area contributed by atoms with Gasteiger partial charge >= 0.3 is 0 Å². The molecule has 0 fully saturated rings. The second kappa shape index (κ2) is 10.8. The molecule has 0 rings (SSSR count). The van der Waals surface area contributed by atoms with Crippen LogP contribution < -0.4 is 0 Å². The second-order valence-corrected chi connectivity index (χ2v) is 1.64. The number of allylic oxidation sites excluding steroid dienone is 5. The topological polar surface area (TPSA) is 17.1 Å². The highest BCUT2D eigenvalue weighted by Gasteiger charge is 1.70. The fourth-order valence-electron chi connectivity index (χ4n) is 0.316. The molecule has 0 bridgehead atoms. The third kappa shape index (κ3) is 10.00. The van der Waals surface area contributed by atoms with E-state index in [-0.39, 0.29) is 0 Å². The van der Waals surface area contributed by atoms with Gasteiger partial charge in [0.05, 0.1) is 0 Å². The van der Waals surface area contributed by atoms with E-state index in [1.54, 1.807) is 0 Å². The average Bonchev–Trinajstić information content (AvgIpc) is 2.04. The van der Waals surface area contributed by atoms with Crippen molar-refractivity contribution in [2.24, 2.45) is 0 Å². The van der Waals surface area contributed by atoms with Gasteiger partial charge in [-0.2, -0.15) is 0 Å². The van der Waals surface area contributed by atoms with Crippen molar-refractivity contribution in [2.45, 2.75) is 13.8 Å². The largest absolute Gasteiger partial charge is 0.307 e. The first-order valence-electron chi connectivity index (χ1n) is 3.02. The molecular weight excluding hydrogens is 124 g/mol. The van der Waals surface area contributed by atoms with Crippen molar-refractivity contribution in [3.63, 3.8) is 0 Å². The molecule has 0 aliphatic rings. The summed E-state index contributed by atoms with van der Waals surface area (Å²) in [5.74, 6) is 0. The highest BCUT2D eigenvalue weighted by atomic mass is 16.1. The summed E-state index contributed by atoms with van der Waals surface area (Å²) in [5.41, 5.74) is 1.20. The molecular formula is C9H14O. The van der Waals surface area contributed by atoms with Crippen LogP contribution in [-0.2, 0) is 4.79 Å². The van der Waals surface area contributed by atoms with Crippen LogP contribution in [0.2, 0.25) is 0 Å². The molecule has 0 saturated heterocycles. The van der Waals surface area contributed by atoms with E-state index < -0.39 is 0 Å². The zero-order valence-electron chi connectivity index (χ0n) is 6.63. The molecule has 0 aromatic heterocycles. The lowest BCUT2D eigenvalue weighted by atomic mass is 10.3. The summed E-state index contributed by atoms with van der Waals surface area (Å²) < 4.78 is 0. The number of hydrogen-bond donors (Lipinski definition) is 0. The summed E-state index contributed by atoms with van der Waals surface area (Å²) >= 11 is 0. The van der Waals surface area contributed by atoms with E-state index in [1.807, 2.05) is 44.9 Å². The SMILES string of the molecule is C=C/C(C)=C\C=C/C.C=O. The Morgan fingerprint density at radius 3 is 2.20 bits per heavy atom. The van der Waals surface area contributed by atoms with Gasteiger partial charge in [0.1, 0.15) is 6.79 Å². The molecule has 1 heteroatoms. The Hall–Kier alpha value is -1.11. The van der Waals surface area contributed by atoms with Crippen LogP contribution in [0.15, 0.2) is 36.5 Å². The Balaban J connectivity index is 0. The Kier molecular flexibility index (Phi) is 12.6. The van der Waals surface area contributed by atoms with Crippen molar-refractivity contribution in [3.8, 4) is 0 Å². The van der Waals surface area contributed by atoms with E-state index in [0.717, 1.165) is 0 Å². The van der Waals surface area contributed by atoms with E-state index in [1.165, 1.54) is 5.57 Å². The zero-order chi connectivity index (χ0) is 8.41. The molecule has 0 amide bonds. The molecule has 56 valence electrons. The summed E-state index contributed by atoms with van der Waals surface area (Å²) in [4.78, 5) is 8.00. The second-order valence-electron chi connectivity index (χ2n) is 1.64. The quantitative estimate of drug-likeness (QED) is 0.536. The van der Waals surface area contributed by atoms with E-state index in [4.69, 9.17) is 4.79 Å². The molecule has 0 spiro atoms. The van der Waals surface area contributed by atoms with Crippen LogP contribution in [0.25, 0.3) is 0 Å². The predicted octanol–water partition coefficient (Wildman–Crippen LogP) is 2.51. The lowest BCUT2D eigenvalue weighted by Crippen LogP contribution is -1.60. The monoisotopic (exact) mass is 138 g/mol. The van der Waals surface area contributed by atoms with Gasteiger partial charge in [-0.3, -0.25) is 0 Å². The summed E-state index contributed by atoms with van der Waals surface area (Å²) in [7, 11) is 0. The van der Waals surface area contributed by atoms with Gasteiger partial charge in [-0.1, -0.05) is 36.5 Å². The molecule has 0 aromatic carbocycles. The molecule has 0 radical (unpaired) electrons. The number of carbonyl (C=O) groups is 1. The van der Waals surface area contributed by atoms with Gasteiger partial charge in [-0.25, -0.2) is 0 Å². The fraction of sp³-hybridized carbons (Fsp3) is 0.222. The highest BCUT2D eigenvalue weighted by Crippen LogP contribution is 1.91. The van der Waals surface area contributed by atoms with E-state index in [0.29, 0.717) is 0 Å². The standard InChI is InChI=1S/C8H12.CH2O/c1-4-6-7-8(3)5-2;1-2/h4-7H,2H2,1,3H3;1H2/b6-4-,8-7-;. The molecule has 0 aromatic rings. The maximum absolute atomic E-state index is 8.00. The molecule has 0 aliphatic carbocycles. The van der Waals surface area contributed by atoms with Crippen LogP contribution in [0.4, 0.5) is 0 Å². The number of rotatable bonds is 2. The van der Waals surface area contributed by atoms with Crippen molar-refractivity contribution in [1.82, 2.24) is 0 Å². The first-order chi connectivity index (χ1) is 4.81. The summed E-state index contributed by atoms with van der Waals surface area (Å²) in [6.07, 6.45) is 7.84. The van der Waals surface area contributed by atoms with Gasteiger partial charge in [-0.15, -0.1) is 0 Å². The number of carbonyl (C=O) groups excluding carboxylic acids is 1. The van der Waals surface area contributed by atoms with Crippen molar-refractivity contribution in [3.05, 3.63) is 36.5 Å². The average molecular weight is 138 g/mol. The van der Waals surface area contributed by atoms with Crippen LogP contribution >= 0.6 is 0 Å². The summed E-state index contributed by atoms with van der Waals surface area (Å²) in [6, 6.07) is 0. The molecule has 0 heterocycles. The molecule has 0 unspecified atom stereocenters. The molecule has 0 N–H and O–H groups in total. The predicted molar refractivity (Wildman–Crippen MR) is 45.9 cm³/mol. The Morgan fingerprint density at radius 1 is 1.40 bits per heavy atom. The van der Waals surface area contributed by atoms with E-state index in [2.05, 4.69) is 6.58 Å². The van der Waals surface area contributed by atoms with Crippen molar-refractivity contribution < 1.29 is 4.79 Å². The third-order valence-corrected chi connectivity index (χ3v) is 0.874. The van der Waals surface area contributed by atoms with E-state index in [9.17, 15) is 0 Å². The first-order valence-corrected chi connectivity index (χ1v) is 3.02. The summed E-state index contributed by atoms with van der Waals surface area (Å²) in [6.45, 7) is 9.63. The maximum Gasteiger partial charge on any atom is 0.106 e. The molecule has 0 saturated carbocycles. The minimum absolute atomic E-state index is 1.20. The normalized spacial score (nSPS) is 10.4. The third-order valence-electron chi connectivity index (χ3n) is 0.874. The van der Waals surface area contributed by atoms with Crippen LogP contribution in [0.3, 0.4) is 0 Å². The molecule has 0 aliphatic heterocycles. The Labute approximate surface area is 62.8 Å². The van der Waals surface area contributed by atoms with Crippen LogP contribution in [-0.4, -0.2) is 6.79 Å². The molecule has 10 heavy (non-hydrogen) atoms. The van der Waals surface area contributed by atoms with E-state index >= 15 is 0 Å². The summed E-state index contributed by atoms with van der Waals surface area (Å²) in [5, 5.41) is 0. The van der Waals surface area contributed by atoms with Gasteiger partial charge < -0.3 is 4.79 Å². The van der Waals surface area contributed by atoms with Crippen molar-refractivity contribution in [1.29, 1.82) is 0 Å². The van der Waals surface area contributed by atoms with Gasteiger partial charge in [0, 0.05) is 0 Å².